The zero-order valence-corrected chi connectivity index (χ0v) is 10.6. The molecule has 2 heterocycles. The van der Waals surface area contributed by atoms with Crippen molar-refractivity contribution in [1.82, 2.24) is 9.97 Å². The number of aromatic nitrogens is 2. The molecule has 0 aliphatic rings. The zero-order valence-electron chi connectivity index (χ0n) is 8.93. The highest BCUT2D eigenvalue weighted by Gasteiger charge is 2.08. The lowest BCUT2D eigenvalue weighted by Gasteiger charge is -2.02. The van der Waals surface area contributed by atoms with Crippen molar-refractivity contribution in [2.24, 2.45) is 0 Å². The normalized spacial score (nSPS) is 11.0. The maximum atomic E-state index is 13.1. The van der Waals surface area contributed by atoms with E-state index in [1.165, 1.54) is 41.6 Å². The highest BCUT2D eigenvalue weighted by molar-refractivity contribution is 7.99. The number of nitrogens with zero attached hydrogens (tertiary/aromatic N) is 2. The molecule has 1 aromatic carbocycles. The van der Waals surface area contributed by atoms with Crippen molar-refractivity contribution in [3.05, 3.63) is 47.6 Å². The first-order valence-electron chi connectivity index (χ1n) is 5.05. The van der Waals surface area contributed by atoms with Crippen LogP contribution in [0.1, 0.15) is 0 Å². The van der Waals surface area contributed by atoms with E-state index in [1.807, 2.05) is 11.4 Å². The van der Waals surface area contributed by atoms with Crippen LogP contribution < -0.4 is 0 Å². The van der Waals surface area contributed by atoms with Crippen LogP contribution in [-0.4, -0.2) is 9.97 Å². The molecular formula is C12H6F2N2S2. The molecule has 0 bridgehead atoms. The SMILES string of the molecule is Fc1ccc(Sc2ncnc3sccc23)cc1F. The fourth-order valence-electron chi connectivity index (χ4n) is 1.50. The minimum atomic E-state index is -0.851. The summed E-state index contributed by atoms with van der Waals surface area (Å²) in [5.41, 5.74) is 0. The van der Waals surface area contributed by atoms with E-state index in [9.17, 15) is 8.78 Å². The second kappa shape index (κ2) is 4.62. The molecule has 2 nitrogen and oxygen atoms in total. The van der Waals surface area contributed by atoms with Crippen LogP contribution in [0, 0.1) is 11.6 Å². The molecular weight excluding hydrogens is 274 g/mol. The van der Waals surface area contributed by atoms with Gasteiger partial charge in [-0.2, -0.15) is 0 Å². The third-order valence-corrected chi connectivity index (χ3v) is 4.16. The summed E-state index contributed by atoms with van der Waals surface area (Å²) in [6.45, 7) is 0. The number of rotatable bonds is 2. The van der Waals surface area contributed by atoms with Gasteiger partial charge in [-0.15, -0.1) is 11.3 Å². The fourth-order valence-corrected chi connectivity index (χ4v) is 3.19. The largest absolute Gasteiger partial charge is 0.229 e. The molecule has 0 saturated heterocycles. The van der Waals surface area contributed by atoms with Gasteiger partial charge in [0.25, 0.3) is 0 Å². The molecule has 6 heteroatoms. The van der Waals surface area contributed by atoms with E-state index in [4.69, 9.17) is 0 Å². The Morgan fingerprint density at radius 1 is 1.06 bits per heavy atom. The van der Waals surface area contributed by atoms with Gasteiger partial charge in [0.05, 0.1) is 0 Å². The average Bonchev–Trinajstić information content (AvgIpc) is 2.83. The first kappa shape index (κ1) is 11.6. The summed E-state index contributed by atoms with van der Waals surface area (Å²) in [7, 11) is 0. The molecule has 18 heavy (non-hydrogen) atoms. The van der Waals surface area contributed by atoms with Crippen LogP contribution in [0.15, 0.2) is 45.9 Å². The maximum absolute atomic E-state index is 13.1. The van der Waals surface area contributed by atoms with Gasteiger partial charge in [-0.3, -0.25) is 0 Å². The molecule has 0 amide bonds. The minimum Gasteiger partial charge on any atom is -0.229 e. The number of hydrogen-bond acceptors (Lipinski definition) is 4. The number of halogens is 2. The number of fused-ring (bicyclic) bond motifs is 1. The Labute approximate surface area is 110 Å². The molecule has 90 valence electrons. The van der Waals surface area contributed by atoms with Gasteiger partial charge in [-0.05, 0) is 29.6 Å². The van der Waals surface area contributed by atoms with E-state index in [0.29, 0.717) is 4.90 Å². The summed E-state index contributed by atoms with van der Waals surface area (Å²) in [4.78, 5) is 9.80. The Bertz CT molecular complexity index is 712. The smallest absolute Gasteiger partial charge is 0.159 e. The Balaban J connectivity index is 2.01. The molecule has 0 fully saturated rings. The van der Waals surface area contributed by atoms with Crippen LogP contribution in [0.4, 0.5) is 8.78 Å². The van der Waals surface area contributed by atoms with Crippen molar-refractivity contribution in [1.29, 1.82) is 0 Å². The van der Waals surface area contributed by atoms with Crippen LogP contribution in [0.3, 0.4) is 0 Å². The second-order valence-electron chi connectivity index (χ2n) is 3.50. The molecule has 3 aromatic rings. The molecule has 0 atom stereocenters. The van der Waals surface area contributed by atoms with Crippen LogP contribution >= 0.6 is 23.1 Å². The number of benzene rings is 1. The number of thiophene rings is 1. The average molecular weight is 280 g/mol. The van der Waals surface area contributed by atoms with E-state index in [1.54, 1.807) is 0 Å². The molecule has 0 spiro atoms. The summed E-state index contributed by atoms with van der Waals surface area (Å²) in [5, 5.41) is 3.60. The summed E-state index contributed by atoms with van der Waals surface area (Å²) < 4.78 is 25.9. The van der Waals surface area contributed by atoms with Crippen LogP contribution in [0.2, 0.25) is 0 Å². The lowest BCUT2D eigenvalue weighted by molar-refractivity contribution is 0.506. The van der Waals surface area contributed by atoms with E-state index in [-0.39, 0.29) is 0 Å². The molecule has 3 rings (SSSR count). The summed E-state index contributed by atoms with van der Waals surface area (Å²) >= 11 is 2.81. The summed E-state index contributed by atoms with van der Waals surface area (Å²) in [6, 6.07) is 5.73. The quantitative estimate of drug-likeness (QED) is 0.660. The van der Waals surface area contributed by atoms with Crippen LogP contribution in [0.25, 0.3) is 10.2 Å². The summed E-state index contributed by atoms with van der Waals surface area (Å²) in [6.07, 6.45) is 1.47. The first-order chi connectivity index (χ1) is 8.74. The maximum Gasteiger partial charge on any atom is 0.159 e. The van der Waals surface area contributed by atoms with Gasteiger partial charge in [0.2, 0.25) is 0 Å². The Morgan fingerprint density at radius 2 is 1.94 bits per heavy atom. The third-order valence-electron chi connectivity index (χ3n) is 2.33. The van der Waals surface area contributed by atoms with Crippen LogP contribution in [0.5, 0.6) is 0 Å². The van der Waals surface area contributed by atoms with Gasteiger partial charge < -0.3 is 0 Å². The van der Waals surface area contributed by atoms with E-state index < -0.39 is 11.6 Å². The topological polar surface area (TPSA) is 25.8 Å². The van der Waals surface area contributed by atoms with Crippen molar-refractivity contribution >= 4 is 33.3 Å². The van der Waals surface area contributed by atoms with Crippen molar-refractivity contribution in [2.75, 3.05) is 0 Å². The Hall–Kier alpha value is -1.53. The van der Waals surface area contributed by atoms with Crippen molar-refractivity contribution in [2.45, 2.75) is 9.92 Å². The molecule has 0 aliphatic heterocycles. The standard InChI is InChI=1S/C12H6F2N2S2/c13-9-2-1-7(5-10(9)14)18-12-8-3-4-17-11(8)15-6-16-12/h1-6H. The number of hydrogen-bond donors (Lipinski definition) is 0. The van der Waals surface area contributed by atoms with Crippen molar-refractivity contribution in [3.63, 3.8) is 0 Å². The zero-order chi connectivity index (χ0) is 12.5. The third kappa shape index (κ3) is 2.09. The Morgan fingerprint density at radius 3 is 2.78 bits per heavy atom. The van der Waals surface area contributed by atoms with E-state index in [2.05, 4.69) is 9.97 Å². The van der Waals surface area contributed by atoms with Crippen molar-refractivity contribution in [3.8, 4) is 0 Å². The van der Waals surface area contributed by atoms with Gasteiger partial charge in [0, 0.05) is 10.3 Å². The molecule has 0 aliphatic carbocycles. The highest BCUT2D eigenvalue weighted by atomic mass is 32.2. The van der Waals surface area contributed by atoms with Crippen molar-refractivity contribution < 1.29 is 8.78 Å². The van der Waals surface area contributed by atoms with E-state index >= 15 is 0 Å². The van der Waals surface area contributed by atoms with Gasteiger partial charge in [0.1, 0.15) is 16.2 Å². The van der Waals surface area contributed by atoms with Gasteiger partial charge >= 0.3 is 0 Å². The molecule has 2 aromatic heterocycles. The summed E-state index contributed by atoms with van der Waals surface area (Å²) in [5.74, 6) is -1.70. The van der Waals surface area contributed by atoms with E-state index in [0.717, 1.165) is 21.3 Å². The van der Waals surface area contributed by atoms with Gasteiger partial charge in [0.15, 0.2) is 11.6 Å². The molecule has 0 N–H and O–H groups in total. The monoisotopic (exact) mass is 280 g/mol. The lowest BCUT2D eigenvalue weighted by atomic mass is 10.3. The predicted molar refractivity (Wildman–Crippen MR) is 67.9 cm³/mol. The Kier molecular flexibility index (Phi) is 2.97. The molecule has 0 saturated carbocycles. The predicted octanol–water partition coefficient (Wildman–Crippen LogP) is 4.12. The molecule has 0 radical (unpaired) electrons. The van der Waals surface area contributed by atoms with Gasteiger partial charge in [-0.25, -0.2) is 18.7 Å². The van der Waals surface area contributed by atoms with Gasteiger partial charge in [-0.1, -0.05) is 11.8 Å². The fraction of sp³-hybridized carbons (Fsp3) is 0. The van der Waals surface area contributed by atoms with Crippen LogP contribution in [-0.2, 0) is 0 Å². The highest BCUT2D eigenvalue weighted by Crippen LogP contribution is 2.33. The second-order valence-corrected chi connectivity index (χ2v) is 5.45. The molecule has 0 unspecified atom stereocenters. The minimum absolute atomic E-state index is 0.611. The first-order valence-corrected chi connectivity index (χ1v) is 6.75. The lowest BCUT2D eigenvalue weighted by Crippen LogP contribution is -1.86.